The predicted octanol–water partition coefficient (Wildman–Crippen LogP) is 1.98. The molecule has 31 heavy (non-hydrogen) atoms. The first-order valence-electron chi connectivity index (χ1n) is 10.6. The van der Waals surface area contributed by atoms with Crippen molar-refractivity contribution < 1.29 is 14.3 Å². The summed E-state index contributed by atoms with van der Waals surface area (Å²) in [5.41, 5.74) is 3.98. The van der Waals surface area contributed by atoms with E-state index in [4.69, 9.17) is 9.47 Å². The molecule has 3 aromatic rings. The molecule has 1 saturated heterocycles. The van der Waals surface area contributed by atoms with E-state index < -0.39 is 0 Å². The van der Waals surface area contributed by atoms with Crippen LogP contribution in [0.5, 0.6) is 5.88 Å². The lowest BCUT2D eigenvalue weighted by molar-refractivity contribution is -0.124. The first-order valence-corrected chi connectivity index (χ1v) is 10.6. The van der Waals surface area contributed by atoms with E-state index in [1.807, 2.05) is 33.0 Å². The highest BCUT2D eigenvalue weighted by atomic mass is 16.5. The number of aryl methyl sites for hydroxylation is 3. The zero-order chi connectivity index (χ0) is 21.8. The largest absolute Gasteiger partial charge is 0.466 e. The number of hydrogen-bond donors (Lipinski definition) is 1. The Morgan fingerprint density at radius 2 is 2.10 bits per heavy atom. The second kappa shape index (κ2) is 9.45. The fourth-order valence-electron chi connectivity index (χ4n) is 3.95. The van der Waals surface area contributed by atoms with Crippen LogP contribution >= 0.6 is 0 Å². The highest BCUT2D eigenvalue weighted by Gasteiger charge is 2.21. The van der Waals surface area contributed by atoms with E-state index in [-0.39, 0.29) is 18.6 Å². The van der Waals surface area contributed by atoms with Crippen LogP contribution in [0.1, 0.15) is 16.8 Å². The van der Waals surface area contributed by atoms with Crippen molar-refractivity contribution in [3.63, 3.8) is 0 Å². The number of rotatable bonds is 7. The maximum absolute atomic E-state index is 12.4. The van der Waals surface area contributed by atoms with E-state index in [9.17, 15) is 4.79 Å². The first-order chi connectivity index (χ1) is 15.0. The number of aromatic nitrogens is 3. The molecule has 164 valence electrons. The van der Waals surface area contributed by atoms with E-state index in [2.05, 4.69) is 44.6 Å². The van der Waals surface area contributed by atoms with Gasteiger partial charge in [0, 0.05) is 38.9 Å². The van der Waals surface area contributed by atoms with E-state index in [1.54, 1.807) is 4.68 Å². The van der Waals surface area contributed by atoms with E-state index in [0.717, 1.165) is 41.9 Å². The lowest BCUT2D eigenvalue weighted by atomic mass is 10.2. The lowest BCUT2D eigenvalue weighted by Gasteiger charge is -2.33. The molecule has 0 radical (unpaired) electrons. The summed E-state index contributed by atoms with van der Waals surface area (Å²) < 4.78 is 13.2. The van der Waals surface area contributed by atoms with Gasteiger partial charge < -0.3 is 14.8 Å². The van der Waals surface area contributed by atoms with Crippen LogP contribution in [0.25, 0.3) is 11.0 Å². The molecule has 8 nitrogen and oxygen atoms in total. The van der Waals surface area contributed by atoms with Crippen molar-refractivity contribution in [1.82, 2.24) is 25.0 Å². The third-order valence-electron chi connectivity index (χ3n) is 5.43. The molecular formula is C23H29N5O3. The van der Waals surface area contributed by atoms with Crippen molar-refractivity contribution in [3.05, 3.63) is 53.2 Å². The highest BCUT2D eigenvalue weighted by molar-refractivity contribution is 5.85. The SMILES string of the molecule is Cc1cc(C)c2c(OCC(=O)NCC3CN(Cc4ccccc4)CCO3)nn(C)c2n1. The molecule has 0 bridgehead atoms. The number of carbonyl (C=O) groups is 1. The highest BCUT2D eigenvalue weighted by Crippen LogP contribution is 2.26. The summed E-state index contributed by atoms with van der Waals surface area (Å²) in [5, 5.41) is 8.14. The standard InChI is InChI=1S/C23H29N5O3/c1-16-11-17(2)25-22-21(16)23(26-27(22)3)31-15-20(29)24-12-19-14-28(9-10-30-19)13-18-7-5-4-6-8-18/h4-8,11,19H,9-10,12-15H2,1-3H3,(H,24,29). The van der Waals surface area contributed by atoms with E-state index >= 15 is 0 Å². The predicted molar refractivity (Wildman–Crippen MR) is 118 cm³/mol. The summed E-state index contributed by atoms with van der Waals surface area (Å²) in [7, 11) is 1.82. The molecule has 1 fully saturated rings. The molecule has 3 heterocycles. The van der Waals surface area contributed by atoms with Crippen molar-refractivity contribution in [1.29, 1.82) is 0 Å². The van der Waals surface area contributed by atoms with Gasteiger partial charge in [0.2, 0.25) is 5.88 Å². The third kappa shape index (κ3) is 5.21. The maximum Gasteiger partial charge on any atom is 0.258 e. The van der Waals surface area contributed by atoms with Gasteiger partial charge in [0.15, 0.2) is 12.3 Å². The molecule has 1 unspecified atom stereocenters. The van der Waals surface area contributed by atoms with Crippen molar-refractivity contribution in [2.45, 2.75) is 26.5 Å². The van der Waals surface area contributed by atoms with Gasteiger partial charge in [-0.3, -0.25) is 9.69 Å². The first kappa shape index (κ1) is 21.3. The number of ether oxygens (including phenoxy) is 2. The molecule has 1 atom stereocenters. The molecule has 1 aliphatic heterocycles. The molecule has 8 heteroatoms. The van der Waals surface area contributed by atoms with Crippen molar-refractivity contribution in [2.24, 2.45) is 7.05 Å². The summed E-state index contributed by atoms with van der Waals surface area (Å²) in [6, 6.07) is 12.4. The summed E-state index contributed by atoms with van der Waals surface area (Å²) >= 11 is 0. The summed E-state index contributed by atoms with van der Waals surface area (Å²) in [4.78, 5) is 19.2. The Labute approximate surface area is 182 Å². The summed E-state index contributed by atoms with van der Waals surface area (Å²) in [6.45, 7) is 7.52. The van der Waals surface area contributed by atoms with Crippen LogP contribution in [-0.2, 0) is 23.1 Å². The van der Waals surface area contributed by atoms with Crippen LogP contribution in [0.2, 0.25) is 0 Å². The van der Waals surface area contributed by atoms with Crippen LogP contribution in [0.3, 0.4) is 0 Å². The quantitative estimate of drug-likeness (QED) is 0.626. The van der Waals surface area contributed by atoms with Gasteiger partial charge in [-0.05, 0) is 31.0 Å². The Bertz CT molecular complexity index is 1050. The zero-order valence-corrected chi connectivity index (χ0v) is 18.3. The zero-order valence-electron chi connectivity index (χ0n) is 18.3. The van der Waals surface area contributed by atoms with Crippen LogP contribution in [0, 0.1) is 13.8 Å². The molecule has 1 N–H and O–H groups in total. The van der Waals surface area contributed by atoms with Crippen LogP contribution in [0.4, 0.5) is 0 Å². The fourth-order valence-corrected chi connectivity index (χ4v) is 3.95. The van der Waals surface area contributed by atoms with E-state index in [0.29, 0.717) is 19.0 Å². The normalized spacial score (nSPS) is 17.1. The number of pyridine rings is 1. The lowest BCUT2D eigenvalue weighted by Crippen LogP contribution is -2.47. The third-order valence-corrected chi connectivity index (χ3v) is 5.43. The number of morpholine rings is 1. The minimum Gasteiger partial charge on any atom is -0.466 e. The summed E-state index contributed by atoms with van der Waals surface area (Å²) in [5.74, 6) is 0.237. The molecule has 0 aliphatic carbocycles. The second-order valence-electron chi connectivity index (χ2n) is 8.01. The average Bonchev–Trinajstić information content (AvgIpc) is 3.07. The minimum atomic E-state index is -0.194. The monoisotopic (exact) mass is 423 g/mol. The summed E-state index contributed by atoms with van der Waals surface area (Å²) in [6.07, 6.45) is -0.0356. The van der Waals surface area contributed by atoms with Crippen LogP contribution in [0.15, 0.2) is 36.4 Å². The minimum absolute atomic E-state index is 0.0356. The van der Waals surface area contributed by atoms with Crippen molar-refractivity contribution in [3.8, 4) is 5.88 Å². The topological polar surface area (TPSA) is 81.5 Å². The molecule has 1 amide bonds. The number of carbonyl (C=O) groups excluding carboxylic acids is 1. The molecule has 4 rings (SSSR count). The number of hydrogen-bond acceptors (Lipinski definition) is 6. The van der Waals surface area contributed by atoms with E-state index in [1.165, 1.54) is 5.56 Å². The van der Waals surface area contributed by atoms with Gasteiger partial charge in [-0.25, -0.2) is 9.67 Å². The van der Waals surface area contributed by atoms with Crippen LogP contribution < -0.4 is 10.1 Å². The molecule has 0 saturated carbocycles. The van der Waals surface area contributed by atoms with Gasteiger partial charge in [-0.15, -0.1) is 5.10 Å². The fraction of sp³-hybridized carbons (Fsp3) is 0.435. The number of benzene rings is 1. The Kier molecular flexibility index (Phi) is 6.48. The number of fused-ring (bicyclic) bond motifs is 1. The van der Waals surface area contributed by atoms with Gasteiger partial charge in [-0.2, -0.15) is 0 Å². The van der Waals surface area contributed by atoms with Gasteiger partial charge in [0.25, 0.3) is 5.91 Å². The molecular weight excluding hydrogens is 394 g/mol. The smallest absolute Gasteiger partial charge is 0.258 e. The Morgan fingerprint density at radius 3 is 2.90 bits per heavy atom. The molecule has 0 spiro atoms. The maximum atomic E-state index is 12.4. The van der Waals surface area contributed by atoms with Gasteiger partial charge in [-0.1, -0.05) is 30.3 Å². The molecule has 2 aromatic heterocycles. The van der Waals surface area contributed by atoms with Crippen molar-refractivity contribution in [2.75, 3.05) is 32.8 Å². The average molecular weight is 424 g/mol. The number of nitrogens with one attached hydrogen (secondary N) is 1. The Balaban J connectivity index is 1.27. The Hall–Kier alpha value is -2.97. The van der Waals surface area contributed by atoms with Crippen molar-refractivity contribution >= 4 is 16.9 Å². The van der Waals surface area contributed by atoms with Crippen LogP contribution in [-0.4, -0.2) is 64.5 Å². The van der Waals surface area contributed by atoms with Gasteiger partial charge >= 0.3 is 0 Å². The van der Waals surface area contributed by atoms with Gasteiger partial charge in [0.1, 0.15) is 0 Å². The second-order valence-corrected chi connectivity index (χ2v) is 8.01. The molecule has 1 aromatic carbocycles. The number of amides is 1. The number of nitrogens with zero attached hydrogens (tertiary/aromatic N) is 4. The molecule has 1 aliphatic rings. The Morgan fingerprint density at radius 1 is 1.29 bits per heavy atom. The van der Waals surface area contributed by atoms with Gasteiger partial charge in [0.05, 0.1) is 18.1 Å².